The molecule has 1 aliphatic heterocycles. The van der Waals surface area contributed by atoms with Crippen LogP contribution in [0.3, 0.4) is 0 Å². The van der Waals surface area contributed by atoms with Crippen LogP contribution in [0.25, 0.3) is 16.3 Å². The fraction of sp³-hybridized carbons (Fsp3) is 0.160. The van der Waals surface area contributed by atoms with E-state index >= 15 is 0 Å². The Kier molecular flexibility index (Phi) is 5.43. The average Bonchev–Trinajstić information content (AvgIpc) is 3.30. The van der Waals surface area contributed by atoms with Crippen molar-refractivity contribution < 1.29 is 14.3 Å². The molecule has 0 radical (unpaired) electrons. The topological polar surface area (TPSA) is 79.5 Å². The predicted octanol–water partition coefficient (Wildman–Crippen LogP) is 3.44. The molecule has 0 fully saturated rings. The number of esters is 1. The van der Waals surface area contributed by atoms with Crippen LogP contribution >= 0.6 is 11.3 Å². The summed E-state index contributed by atoms with van der Waals surface area (Å²) in [5, 5.41) is 0.313. The summed E-state index contributed by atoms with van der Waals surface area (Å²) < 4.78 is 13.9. The molecule has 8 heteroatoms. The molecule has 3 heterocycles. The van der Waals surface area contributed by atoms with Crippen LogP contribution in [0.5, 0.6) is 5.75 Å². The molecular formula is C25H20N2O5S. The number of aromatic nitrogens is 2. The molecule has 0 N–H and O–H groups in total. The normalized spacial score (nSPS) is 14.6. The highest BCUT2D eigenvalue weighted by Gasteiger charge is 2.21. The first-order valence-corrected chi connectivity index (χ1v) is 11.2. The Morgan fingerprint density at radius 3 is 2.67 bits per heavy atom. The first-order valence-electron chi connectivity index (χ1n) is 10.4. The standard InChI is InChI=1S/C25H20N2O5S/c1-26-23-19(22(28)27(25(26)30)14-16-7-3-2-4-8-16)13-21(33-23)24(29)31-15-18-12-11-17-9-5-6-10-20(17)32-18/h2-13,18H,14-15H2,1H3. The second-order valence-electron chi connectivity index (χ2n) is 7.70. The molecule has 0 saturated carbocycles. The fourth-order valence-corrected chi connectivity index (χ4v) is 4.75. The Morgan fingerprint density at radius 2 is 1.85 bits per heavy atom. The van der Waals surface area contributed by atoms with Crippen LogP contribution in [-0.4, -0.2) is 27.8 Å². The lowest BCUT2D eigenvalue weighted by Gasteiger charge is -2.20. The van der Waals surface area contributed by atoms with E-state index in [0.717, 1.165) is 28.2 Å². The molecule has 0 amide bonds. The van der Waals surface area contributed by atoms with Crippen molar-refractivity contribution in [1.29, 1.82) is 0 Å². The van der Waals surface area contributed by atoms with Gasteiger partial charge in [-0.25, -0.2) is 9.59 Å². The lowest BCUT2D eigenvalue weighted by molar-refractivity contribution is 0.0382. The van der Waals surface area contributed by atoms with E-state index < -0.39 is 23.3 Å². The molecule has 4 aromatic rings. The third kappa shape index (κ3) is 4.01. The number of carbonyl (C=O) groups is 1. The first-order chi connectivity index (χ1) is 16.0. The minimum atomic E-state index is -0.562. The zero-order chi connectivity index (χ0) is 22.9. The van der Waals surface area contributed by atoms with Crippen molar-refractivity contribution in [3.05, 3.63) is 104 Å². The highest BCUT2D eigenvalue weighted by molar-refractivity contribution is 7.20. The Bertz CT molecular complexity index is 1500. The largest absolute Gasteiger partial charge is 0.482 e. The minimum Gasteiger partial charge on any atom is -0.482 e. The van der Waals surface area contributed by atoms with Crippen LogP contribution in [0.2, 0.25) is 0 Å². The summed E-state index contributed by atoms with van der Waals surface area (Å²) in [7, 11) is 1.59. The maximum Gasteiger partial charge on any atom is 0.348 e. The van der Waals surface area contributed by atoms with E-state index in [9.17, 15) is 14.4 Å². The summed E-state index contributed by atoms with van der Waals surface area (Å²) in [5.74, 6) is 0.172. The van der Waals surface area contributed by atoms with Crippen LogP contribution in [-0.2, 0) is 18.3 Å². The van der Waals surface area contributed by atoms with Crippen LogP contribution in [0.15, 0.2) is 76.3 Å². The second kappa shape index (κ2) is 8.55. The summed E-state index contributed by atoms with van der Waals surface area (Å²) in [6.45, 7) is 0.194. The van der Waals surface area contributed by atoms with Crippen LogP contribution in [0.1, 0.15) is 20.8 Å². The summed E-state index contributed by atoms with van der Waals surface area (Å²) in [6.07, 6.45) is 3.37. The number of thiophene rings is 1. The number of rotatable bonds is 5. The van der Waals surface area contributed by atoms with E-state index in [4.69, 9.17) is 9.47 Å². The quantitative estimate of drug-likeness (QED) is 0.426. The van der Waals surface area contributed by atoms with Gasteiger partial charge in [-0.15, -0.1) is 11.3 Å². The number of nitrogens with zero attached hydrogens (tertiary/aromatic N) is 2. The summed E-state index contributed by atoms with van der Waals surface area (Å²) >= 11 is 1.07. The van der Waals surface area contributed by atoms with Gasteiger partial charge in [0, 0.05) is 12.6 Å². The van der Waals surface area contributed by atoms with Gasteiger partial charge in [0.05, 0.1) is 11.9 Å². The summed E-state index contributed by atoms with van der Waals surface area (Å²) in [6, 6.07) is 18.4. The summed E-state index contributed by atoms with van der Waals surface area (Å²) in [4.78, 5) is 39.2. The molecule has 1 atom stereocenters. The van der Waals surface area contributed by atoms with E-state index in [1.54, 1.807) is 7.05 Å². The molecule has 2 aromatic carbocycles. The number of fused-ring (bicyclic) bond motifs is 2. The second-order valence-corrected chi connectivity index (χ2v) is 8.73. The van der Waals surface area contributed by atoms with Crippen molar-refractivity contribution in [3.8, 4) is 5.75 Å². The predicted molar refractivity (Wildman–Crippen MR) is 127 cm³/mol. The number of hydrogen-bond donors (Lipinski definition) is 0. The molecule has 0 spiro atoms. The van der Waals surface area contributed by atoms with Gasteiger partial charge in [-0.3, -0.25) is 13.9 Å². The Hall–Kier alpha value is -3.91. The molecule has 7 nitrogen and oxygen atoms in total. The SMILES string of the molecule is Cn1c(=O)n(Cc2ccccc2)c(=O)c2cc(C(=O)OCC3C=Cc4ccccc4O3)sc21. The Balaban J connectivity index is 1.37. The molecule has 1 unspecified atom stereocenters. The molecule has 0 bridgehead atoms. The van der Waals surface area contributed by atoms with E-state index in [2.05, 4.69) is 0 Å². The Labute approximate surface area is 192 Å². The van der Waals surface area contributed by atoms with Gasteiger partial charge in [0.15, 0.2) is 6.10 Å². The third-order valence-electron chi connectivity index (χ3n) is 5.46. The van der Waals surface area contributed by atoms with Crippen molar-refractivity contribution in [3.63, 3.8) is 0 Å². The molecule has 5 rings (SSSR count). The van der Waals surface area contributed by atoms with Crippen molar-refractivity contribution >= 4 is 33.6 Å². The number of benzene rings is 2. The smallest absolute Gasteiger partial charge is 0.348 e. The lowest BCUT2D eigenvalue weighted by atomic mass is 10.1. The minimum absolute atomic E-state index is 0.0368. The van der Waals surface area contributed by atoms with Crippen molar-refractivity contribution in [2.75, 3.05) is 6.61 Å². The van der Waals surface area contributed by atoms with E-state index in [1.165, 1.54) is 15.2 Å². The van der Waals surface area contributed by atoms with Gasteiger partial charge in [-0.05, 0) is 23.8 Å². The van der Waals surface area contributed by atoms with Gasteiger partial charge in [0.1, 0.15) is 22.1 Å². The van der Waals surface area contributed by atoms with Crippen LogP contribution in [0, 0.1) is 0 Å². The van der Waals surface area contributed by atoms with E-state index in [1.807, 2.05) is 66.7 Å². The number of ether oxygens (including phenoxy) is 2. The molecular weight excluding hydrogens is 440 g/mol. The molecule has 0 saturated heterocycles. The van der Waals surface area contributed by atoms with Gasteiger partial charge in [0.25, 0.3) is 5.56 Å². The third-order valence-corrected chi connectivity index (χ3v) is 6.65. The van der Waals surface area contributed by atoms with Gasteiger partial charge >= 0.3 is 11.7 Å². The van der Waals surface area contributed by atoms with Gasteiger partial charge in [-0.1, -0.05) is 54.6 Å². The zero-order valence-electron chi connectivity index (χ0n) is 17.8. The average molecular weight is 461 g/mol. The lowest BCUT2D eigenvalue weighted by Crippen LogP contribution is -2.38. The van der Waals surface area contributed by atoms with E-state index in [-0.39, 0.29) is 18.0 Å². The van der Waals surface area contributed by atoms with Gasteiger partial charge < -0.3 is 9.47 Å². The van der Waals surface area contributed by atoms with Gasteiger partial charge in [0.2, 0.25) is 0 Å². The van der Waals surface area contributed by atoms with Crippen molar-refractivity contribution in [2.45, 2.75) is 12.6 Å². The molecule has 2 aromatic heterocycles. The molecule has 166 valence electrons. The zero-order valence-corrected chi connectivity index (χ0v) is 18.6. The maximum absolute atomic E-state index is 13.0. The summed E-state index contributed by atoms with van der Waals surface area (Å²) in [5.41, 5.74) is 0.949. The highest BCUT2D eigenvalue weighted by Crippen LogP contribution is 2.26. The van der Waals surface area contributed by atoms with Crippen LogP contribution in [0.4, 0.5) is 0 Å². The highest BCUT2D eigenvalue weighted by atomic mass is 32.1. The Morgan fingerprint density at radius 1 is 1.09 bits per heavy atom. The molecule has 33 heavy (non-hydrogen) atoms. The molecule has 0 aliphatic carbocycles. The van der Waals surface area contributed by atoms with E-state index in [0.29, 0.717) is 10.2 Å². The number of aryl methyl sites for hydroxylation is 1. The number of para-hydroxylation sites is 1. The van der Waals surface area contributed by atoms with Crippen molar-refractivity contribution in [2.24, 2.45) is 7.05 Å². The number of carbonyl (C=O) groups excluding carboxylic acids is 1. The first kappa shape index (κ1) is 21.0. The number of hydrogen-bond acceptors (Lipinski definition) is 6. The van der Waals surface area contributed by atoms with Gasteiger partial charge in [-0.2, -0.15) is 0 Å². The molecule has 1 aliphatic rings. The monoisotopic (exact) mass is 460 g/mol. The van der Waals surface area contributed by atoms with Crippen molar-refractivity contribution in [1.82, 2.24) is 9.13 Å². The fourth-order valence-electron chi connectivity index (χ4n) is 3.75. The van der Waals surface area contributed by atoms with Crippen LogP contribution < -0.4 is 16.0 Å². The maximum atomic E-state index is 13.0.